The maximum absolute atomic E-state index is 11.9. The van der Waals surface area contributed by atoms with Crippen LogP contribution in [0, 0.1) is 0 Å². The van der Waals surface area contributed by atoms with E-state index in [-0.39, 0.29) is 17.8 Å². The van der Waals surface area contributed by atoms with Crippen LogP contribution in [0.1, 0.15) is 13.3 Å². The molecule has 0 aliphatic rings. The smallest absolute Gasteiger partial charge is 0.255 e. The lowest BCUT2D eigenvalue weighted by molar-refractivity contribution is 0.152. The Kier molecular flexibility index (Phi) is 7.01. The van der Waals surface area contributed by atoms with Crippen LogP contribution in [0.25, 0.3) is 0 Å². The molecule has 17 heavy (non-hydrogen) atoms. The third-order valence-electron chi connectivity index (χ3n) is 1.95. The molecule has 1 atom stereocenters. The number of hydrogen-bond donors (Lipinski definition) is 2. The van der Waals surface area contributed by atoms with Crippen molar-refractivity contribution in [1.29, 1.82) is 0 Å². The molecule has 0 rings (SSSR count). The average Bonchev–Trinajstić information content (AvgIpc) is 2.20. The molecule has 0 saturated heterocycles. The molecule has 5 nitrogen and oxygen atoms in total. The van der Waals surface area contributed by atoms with Gasteiger partial charge in [-0.05, 0) is 13.3 Å². The average molecular weight is 271 g/mol. The molecule has 0 aromatic heterocycles. The van der Waals surface area contributed by atoms with Gasteiger partial charge in [0.1, 0.15) is 9.84 Å². The van der Waals surface area contributed by atoms with Gasteiger partial charge in [-0.15, -0.1) is 0 Å². The van der Waals surface area contributed by atoms with E-state index >= 15 is 0 Å². The Bertz CT molecular complexity index is 344. The highest BCUT2D eigenvalue weighted by molar-refractivity contribution is 7.90. The van der Waals surface area contributed by atoms with Gasteiger partial charge < -0.3 is 10.6 Å². The van der Waals surface area contributed by atoms with Crippen molar-refractivity contribution in [2.24, 2.45) is 4.99 Å². The van der Waals surface area contributed by atoms with Crippen LogP contribution in [0.4, 0.5) is 8.78 Å². The van der Waals surface area contributed by atoms with Gasteiger partial charge >= 0.3 is 0 Å². The zero-order valence-electron chi connectivity index (χ0n) is 10.2. The molecule has 1 unspecified atom stereocenters. The molecule has 0 aromatic rings. The molecule has 0 fully saturated rings. The van der Waals surface area contributed by atoms with Crippen LogP contribution in [-0.2, 0) is 9.84 Å². The second kappa shape index (κ2) is 7.41. The van der Waals surface area contributed by atoms with Crippen LogP contribution >= 0.6 is 0 Å². The summed E-state index contributed by atoms with van der Waals surface area (Å²) in [4.78, 5) is 3.76. The van der Waals surface area contributed by atoms with Gasteiger partial charge in [0.25, 0.3) is 6.43 Å². The normalized spacial score (nSPS) is 14.8. The van der Waals surface area contributed by atoms with E-state index in [2.05, 4.69) is 15.6 Å². The molecule has 0 aromatic carbocycles. The summed E-state index contributed by atoms with van der Waals surface area (Å²) in [5, 5.41) is 5.27. The molecule has 2 N–H and O–H groups in total. The number of guanidine groups is 1. The van der Waals surface area contributed by atoms with E-state index in [1.807, 2.05) is 0 Å². The summed E-state index contributed by atoms with van der Waals surface area (Å²) < 4.78 is 45.8. The Morgan fingerprint density at radius 2 is 2.00 bits per heavy atom. The highest BCUT2D eigenvalue weighted by Gasteiger charge is 2.10. The number of aliphatic imine (C=N–C) groups is 1. The van der Waals surface area contributed by atoms with E-state index in [0.717, 1.165) is 6.26 Å². The first kappa shape index (κ1) is 16.1. The van der Waals surface area contributed by atoms with Crippen LogP contribution < -0.4 is 10.6 Å². The van der Waals surface area contributed by atoms with E-state index in [9.17, 15) is 17.2 Å². The Morgan fingerprint density at radius 1 is 1.41 bits per heavy atom. The maximum atomic E-state index is 11.9. The van der Waals surface area contributed by atoms with E-state index < -0.39 is 22.8 Å². The second-order valence-electron chi connectivity index (χ2n) is 3.81. The molecule has 0 aliphatic heterocycles. The van der Waals surface area contributed by atoms with Crippen molar-refractivity contribution in [3.05, 3.63) is 0 Å². The van der Waals surface area contributed by atoms with E-state index in [0.29, 0.717) is 6.42 Å². The topological polar surface area (TPSA) is 70.6 Å². The van der Waals surface area contributed by atoms with Gasteiger partial charge in [0.2, 0.25) is 0 Å². The Hall–Kier alpha value is -0.920. The summed E-state index contributed by atoms with van der Waals surface area (Å²) in [7, 11) is -1.55. The van der Waals surface area contributed by atoms with Gasteiger partial charge in [0.15, 0.2) is 5.96 Å². The lowest BCUT2D eigenvalue weighted by Crippen LogP contribution is -2.44. The number of nitrogens with zero attached hydrogens (tertiary/aromatic N) is 1. The van der Waals surface area contributed by atoms with Crippen LogP contribution in [0.5, 0.6) is 0 Å². The molecular weight excluding hydrogens is 252 g/mol. The Labute approximate surface area is 101 Å². The summed E-state index contributed by atoms with van der Waals surface area (Å²) in [6, 6.07) is -0.159. The van der Waals surface area contributed by atoms with E-state index in [1.165, 1.54) is 7.05 Å². The molecule has 0 bridgehead atoms. The minimum Gasteiger partial charge on any atom is -0.354 e. The molecule has 0 aliphatic carbocycles. The highest BCUT2D eigenvalue weighted by atomic mass is 32.2. The van der Waals surface area contributed by atoms with Crippen LogP contribution in [0.3, 0.4) is 0 Å². The largest absolute Gasteiger partial charge is 0.354 e. The lowest BCUT2D eigenvalue weighted by Gasteiger charge is -2.17. The highest BCUT2D eigenvalue weighted by Crippen LogP contribution is 1.95. The third-order valence-corrected chi connectivity index (χ3v) is 2.93. The maximum Gasteiger partial charge on any atom is 0.255 e. The van der Waals surface area contributed by atoms with Crippen molar-refractivity contribution >= 4 is 15.8 Å². The fourth-order valence-corrected chi connectivity index (χ4v) is 1.85. The summed E-state index contributed by atoms with van der Waals surface area (Å²) in [6.45, 7) is 1.28. The van der Waals surface area contributed by atoms with Gasteiger partial charge in [0.05, 0.1) is 12.3 Å². The van der Waals surface area contributed by atoms with Gasteiger partial charge in [-0.25, -0.2) is 17.2 Å². The number of halogens is 2. The predicted molar refractivity (Wildman–Crippen MR) is 64.3 cm³/mol. The summed E-state index contributed by atoms with van der Waals surface area (Å²) in [6.07, 6.45) is -0.905. The van der Waals surface area contributed by atoms with E-state index in [4.69, 9.17) is 0 Å². The quantitative estimate of drug-likeness (QED) is 0.536. The third kappa shape index (κ3) is 9.98. The fourth-order valence-electron chi connectivity index (χ4n) is 1.06. The SMILES string of the molecule is CN=C(NCC(F)F)NC(C)CCS(C)(=O)=O. The lowest BCUT2D eigenvalue weighted by atomic mass is 10.3. The Balaban J connectivity index is 4.03. The molecule has 0 amide bonds. The number of sulfone groups is 1. The van der Waals surface area contributed by atoms with Crippen LogP contribution in [0.15, 0.2) is 4.99 Å². The molecule has 0 spiro atoms. The van der Waals surface area contributed by atoms with E-state index in [1.54, 1.807) is 6.92 Å². The summed E-state index contributed by atoms with van der Waals surface area (Å²) in [5.41, 5.74) is 0. The number of hydrogen-bond acceptors (Lipinski definition) is 3. The first-order valence-corrected chi connectivity index (χ1v) is 7.23. The summed E-state index contributed by atoms with van der Waals surface area (Å²) in [5.74, 6) is 0.291. The molecule has 102 valence electrons. The molecule has 0 radical (unpaired) electrons. The first-order chi connectivity index (χ1) is 7.74. The minimum absolute atomic E-state index is 0.0486. The zero-order chi connectivity index (χ0) is 13.5. The van der Waals surface area contributed by atoms with Crippen LogP contribution in [0.2, 0.25) is 0 Å². The van der Waals surface area contributed by atoms with Crippen molar-refractivity contribution in [1.82, 2.24) is 10.6 Å². The number of alkyl halides is 2. The second-order valence-corrected chi connectivity index (χ2v) is 6.07. The van der Waals surface area contributed by atoms with Gasteiger partial charge in [-0.3, -0.25) is 4.99 Å². The summed E-state index contributed by atoms with van der Waals surface area (Å²) >= 11 is 0. The van der Waals surface area contributed by atoms with Crippen LogP contribution in [-0.4, -0.2) is 52.4 Å². The number of nitrogens with one attached hydrogen (secondary N) is 2. The standard InChI is InChI=1S/C9H19F2N3O2S/c1-7(4-5-17(3,15)16)14-9(12-2)13-6-8(10)11/h7-8H,4-6H2,1-3H3,(H2,12,13,14). The molecule has 0 saturated carbocycles. The molecule has 8 heteroatoms. The van der Waals surface area contributed by atoms with Gasteiger partial charge in [0, 0.05) is 19.3 Å². The fraction of sp³-hybridized carbons (Fsp3) is 0.889. The minimum atomic E-state index is -3.01. The molecule has 0 heterocycles. The van der Waals surface area contributed by atoms with Crippen molar-refractivity contribution in [3.63, 3.8) is 0 Å². The van der Waals surface area contributed by atoms with Crippen molar-refractivity contribution in [2.45, 2.75) is 25.8 Å². The zero-order valence-corrected chi connectivity index (χ0v) is 11.0. The number of rotatable bonds is 6. The van der Waals surface area contributed by atoms with Gasteiger partial charge in [-0.1, -0.05) is 0 Å². The monoisotopic (exact) mass is 271 g/mol. The van der Waals surface area contributed by atoms with Crippen molar-refractivity contribution in [2.75, 3.05) is 25.6 Å². The Morgan fingerprint density at radius 3 is 2.41 bits per heavy atom. The predicted octanol–water partition coefficient (Wildman–Crippen LogP) is 0.240. The first-order valence-electron chi connectivity index (χ1n) is 5.17. The molecular formula is C9H19F2N3O2S. The van der Waals surface area contributed by atoms with Crippen molar-refractivity contribution in [3.8, 4) is 0 Å². The van der Waals surface area contributed by atoms with Crippen molar-refractivity contribution < 1.29 is 17.2 Å². The van der Waals surface area contributed by atoms with Gasteiger partial charge in [-0.2, -0.15) is 0 Å².